The van der Waals surface area contributed by atoms with Gasteiger partial charge < -0.3 is 0 Å². The first kappa shape index (κ1) is 28.1. The Hall–Kier alpha value is -5.88. The third-order valence-electron chi connectivity index (χ3n) is 6.43. The van der Waals surface area contributed by atoms with Gasteiger partial charge in [0.05, 0.1) is 46.5 Å². The van der Waals surface area contributed by atoms with Crippen molar-refractivity contribution in [2.24, 2.45) is 0 Å². The van der Waals surface area contributed by atoms with Crippen LogP contribution in [0, 0.1) is 72.7 Å². The van der Waals surface area contributed by atoms with Crippen LogP contribution in [0.3, 0.4) is 0 Å². The molecular formula is C33H18F3N5. The van der Waals surface area contributed by atoms with Crippen LogP contribution in [0.4, 0.5) is 13.2 Å². The molecule has 0 aliphatic heterocycles. The number of nitriles is 4. The molecule has 0 radical (unpaired) electrons. The molecule has 1 saturated carbocycles. The molecule has 0 unspecified atom stereocenters. The molecule has 41 heavy (non-hydrogen) atoms. The number of benzene rings is 3. The van der Waals surface area contributed by atoms with E-state index in [4.69, 9.17) is 6.57 Å². The maximum absolute atomic E-state index is 13.7. The van der Waals surface area contributed by atoms with Crippen molar-refractivity contribution in [3.63, 3.8) is 0 Å². The average molecular weight is 542 g/mol. The largest absolute Gasteiger partial charge is 0.416 e. The first-order valence-corrected chi connectivity index (χ1v) is 12.1. The van der Waals surface area contributed by atoms with Crippen molar-refractivity contribution in [1.29, 1.82) is 21.0 Å². The molecular weight excluding hydrogens is 523 g/mol. The molecule has 4 rings (SSSR count). The molecule has 0 heterocycles. The summed E-state index contributed by atoms with van der Waals surface area (Å²) in [6, 6.07) is 21.1. The highest BCUT2D eigenvalue weighted by atomic mass is 19.4. The summed E-state index contributed by atoms with van der Waals surface area (Å²) in [6.45, 7) is 13.0. The Morgan fingerprint density at radius 2 is 1.07 bits per heavy atom. The number of nitrogens with zero attached hydrogens (tertiary/aromatic N) is 5. The van der Waals surface area contributed by atoms with E-state index in [9.17, 15) is 34.2 Å². The molecule has 1 aliphatic rings. The summed E-state index contributed by atoms with van der Waals surface area (Å²) in [4.78, 5) is 3.68. The molecule has 0 bridgehead atoms. The van der Waals surface area contributed by atoms with Gasteiger partial charge in [0.25, 0.3) is 0 Å². The van der Waals surface area contributed by atoms with E-state index in [1.54, 1.807) is 38.1 Å². The second kappa shape index (κ2) is 10.7. The molecule has 0 aromatic heterocycles. The molecule has 0 atom stereocenters. The van der Waals surface area contributed by atoms with Gasteiger partial charge in [-0.3, -0.25) is 0 Å². The van der Waals surface area contributed by atoms with Gasteiger partial charge >= 0.3 is 6.18 Å². The number of allylic oxidation sites excluding steroid dienone is 5. The highest BCUT2D eigenvalue weighted by Gasteiger charge is 2.41. The van der Waals surface area contributed by atoms with Gasteiger partial charge in [0.2, 0.25) is 5.70 Å². The van der Waals surface area contributed by atoms with E-state index in [0.29, 0.717) is 33.4 Å². The van der Waals surface area contributed by atoms with E-state index >= 15 is 0 Å². The summed E-state index contributed by atoms with van der Waals surface area (Å²) >= 11 is 0. The Kier molecular flexibility index (Phi) is 7.35. The van der Waals surface area contributed by atoms with Gasteiger partial charge in [0, 0.05) is 0 Å². The average Bonchev–Trinajstić information content (AvgIpc) is 3.62. The van der Waals surface area contributed by atoms with Crippen molar-refractivity contribution < 1.29 is 13.2 Å². The molecule has 0 spiro atoms. The van der Waals surface area contributed by atoms with E-state index in [2.05, 4.69) is 10.9 Å². The molecule has 5 nitrogen and oxygen atoms in total. The van der Waals surface area contributed by atoms with Crippen LogP contribution in [0.1, 0.15) is 50.1 Å². The van der Waals surface area contributed by atoms with Gasteiger partial charge in [-0.1, -0.05) is 23.8 Å². The van der Waals surface area contributed by atoms with Gasteiger partial charge in [-0.15, -0.1) is 0 Å². The molecule has 1 fully saturated rings. The molecule has 0 saturated heterocycles. The van der Waals surface area contributed by atoms with E-state index in [-0.39, 0.29) is 44.7 Å². The highest BCUT2D eigenvalue weighted by molar-refractivity contribution is 6.11. The van der Waals surface area contributed by atoms with Crippen molar-refractivity contribution in [3.05, 3.63) is 133 Å². The predicted octanol–water partition coefficient (Wildman–Crippen LogP) is 7.97. The molecule has 0 N–H and O–H groups in total. The van der Waals surface area contributed by atoms with Crippen LogP contribution in [0.15, 0.2) is 71.3 Å². The number of halogens is 3. The Morgan fingerprint density at radius 3 is 1.51 bits per heavy atom. The lowest BCUT2D eigenvalue weighted by Crippen LogP contribution is -2.06. The van der Waals surface area contributed by atoms with E-state index in [1.165, 1.54) is 25.1 Å². The Bertz CT molecular complexity index is 1850. The van der Waals surface area contributed by atoms with Gasteiger partial charge in [-0.05, 0) is 102 Å². The van der Waals surface area contributed by atoms with Gasteiger partial charge in [0.15, 0.2) is 0 Å². The third-order valence-corrected chi connectivity index (χ3v) is 6.43. The molecule has 1 aliphatic carbocycles. The Balaban J connectivity index is 2.17. The van der Waals surface area contributed by atoms with Crippen LogP contribution in [0.2, 0.25) is 0 Å². The Labute approximate surface area is 235 Å². The minimum atomic E-state index is -4.66. The van der Waals surface area contributed by atoms with E-state index < -0.39 is 11.7 Å². The van der Waals surface area contributed by atoms with Gasteiger partial charge in [-0.25, -0.2) is 4.85 Å². The summed E-state index contributed by atoms with van der Waals surface area (Å²) in [6.07, 6.45) is -4.66. The van der Waals surface area contributed by atoms with Crippen molar-refractivity contribution in [3.8, 4) is 24.3 Å². The lowest BCUT2D eigenvalue weighted by Gasteiger charge is -2.10. The summed E-state index contributed by atoms with van der Waals surface area (Å²) in [5.41, 5.74) is 2.70. The van der Waals surface area contributed by atoms with Crippen LogP contribution in [-0.4, -0.2) is 0 Å². The topological polar surface area (TPSA) is 99.5 Å². The molecule has 3 aromatic rings. The van der Waals surface area contributed by atoms with Gasteiger partial charge in [0.1, 0.15) is 12.1 Å². The lowest BCUT2D eigenvalue weighted by molar-refractivity contribution is -0.137. The standard InChI is InChI=1S/C33H18F3N5/c1-18-5-21(14-37)11-23(7-18)27(16-39)29-30(28(17-40)24-8-20(3)10-26(13-24)33(34,35)36)31(29)32(41-4)25-9-19(2)6-22(12-25)15-38/h5-13H,1-3H3. The fourth-order valence-electron chi connectivity index (χ4n) is 4.79. The molecule has 3 aromatic carbocycles. The zero-order chi connectivity index (χ0) is 30.1. The minimum Gasteiger partial charge on any atom is -0.237 e. The number of alkyl halides is 3. The number of rotatable bonds is 3. The third kappa shape index (κ3) is 5.48. The second-order valence-electron chi connectivity index (χ2n) is 9.54. The smallest absolute Gasteiger partial charge is 0.237 e. The maximum Gasteiger partial charge on any atom is 0.416 e. The van der Waals surface area contributed by atoms with Crippen LogP contribution in [0.5, 0.6) is 0 Å². The number of hydrogen-bond acceptors (Lipinski definition) is 4. The normalized spacial score (nSPS) is 15.8. The summed E-state index contributed by atoms with van der Waals surface area (Å²) in [5, 5.41) is 39.4. The predicted molar refractivity (Wildman–Crippen MR) is 147 cm³/mol. The van der Waals surface area contributed by atoms with Crippen molar-refractivity contribution in [2.45, 2.75) is 26.9 Å². The molecule has 8 heteroatoms. The summed E-state index contributed by atoms with van der Waals surface area (Å²) in [7, 11) is 0. The monoisotopic (exact) mass is 541 g/mol. The van der Waals surface area contributed by atoms with Crippen LogP contribution in [-0.2, 0) is 6.18 Å². The zero-order valence-corrected chi connectivity index (χ0v) is 22.1. The fraction of sp³-hybridized carbons (Fsp3) is 0.121. The minimum absolute atomic E-state index is 0.00661. The maximum atomic E-state index is 13.7. The SMILES string of the molecule is [C-]#[N+]C(=C1C(=C(C#N)c2cc(C)cc(C#N)c2)C1=C(C#N)c1cc(C)cc(C(F)(F)F)c1)c1cc(C)cc(C#N)c1. The first-order valence-electron chi connectivity index (χ1n) is 12.1. The Morgan fingerprint density at radius 1 is 0.634 bits per heavy atom. The van der Waals surface area contributed by atoms with E-state index in [0.717, 1.165) is 12.1 Å². The van der Waals surface area contributed by atoms with Crippen molar-refractivity contribution in [2.75, 3.05) is 0 Å². The zero-order valence-electron chi connectivity index (χ0n) is 22.1. The van der Waals surface area contributed by atoms with Gasteiger partial charge in [-0.2, -0.15) is 34.2 Å². The number of aryl methyl sites for hydroxylation is 3. The van der Waals surface area contributed by atoms with Crippen LogP contribution in [0.25, 0.3) is 21.7 Å². The molecule has 196 valence electrons. The van der Waals surface area contributed by atoms with Crippen LogP contribution >= 0.6 is 0 Å². The first-order chi connectivity index (χ1) is 19.4. The molecule has 0 amide bonds. The van der Waals surface area contributed by atoms with E-state index in [1.807, 2.05) is 18.2 Å². The summed E-state index contributed by atoms with van der Waals surface area (Å²) in [5.74, 6) is 0. The number of hydrogen-bond donors (Lipinski definition) is 0. The second-order valence-corrected chi connectivity index (χ2v) is 9.54. The van der Waals surface area contributed by atoms with Crippen molar-refractivity contribution >= 4 is 16.8 Å². The van der Waals surface area contributed by atoms with Crippen molar-refractivity contribution in [1.82, 2.24) is 0 Å². The lowest BCUT2D eigenvalue weighted by atomic mass is 9.98. The summed E-state index contributed by atoms with van der Waals surface area (Å²) < 4.78 is 41.0. The highest BCUT2D eigenvalue weighted by Crippen LogP contribution is 2.56. The fourth-order valence-corrected chi connectivity index (χ4v) is 4.79. The van der Waals surface area contributed by atoms with Crippen LogP contribution < -0.4 is 0 Å². The quantitative estimate of drug-likeness (QED) is 0.248.